The number of pyridine rings is 1. The summed E-state index contributed by atoms with van der Waals surface area (Å²) < 4.78 is 32.5. The lowest BCUT2D eigenvalue weighted by Crippen LogP contribution is -2.48. The van der Waals surface area contributed by atoms with E-state index in [1.165, 1.54) is 0 Å². The first-order valence-electron chi connectivity index (χ1n) is 8.98. The summed E-state index contributed by atoms with van der Waals surface area (Å²) in [7, 11) is -1.96. The minimum Gasteiger partial charge on any atom is -0.497 e. The summed E-state index contributed by atoms with van der Waals surface area (Å²) in [6.45, 7) is 2.11. The number of nitrogens with one attached hydrogen (secondary N) is 1. The summed E-state index contributed by atoms with van der Waals surface area (Å²) in [6, 6.07) is 14.3. The molecule has 1 N–H and O–H groups in total. The summed E-state index contributed by atoms with van der Waals surface area (Å²) in [5, 5.41) is 1.75. The first-order valence-corrected chi connectivity index (χ1v) is 10.8. The number of hydrogen-bond donors (Lipinski definition) is 0. The predicted octanol–water partition coefficient (Wildman–Crippen LogP) is 2.83. The zero-order valence-corrected chi connectivity index (χ0v) is 17.0. The van der Waals surface area contributed by atoms with Gasteiger partial charge in [0, 0.05) is 43.3 Å². The van der Waals surface area contributed by atoms with Crippen molar-refractivity contribution in [2.45, 2.75) is 4.90 Å². The molecule has 0 amide bonds. The van der Waals surface area contributed by atoms with Gasteiger partial charge in [-0.05, 0) is 36.4 Å². The van der Waals surface area contributed by atoms with Crippen LogP contribution in [0.15, 0.2) is 59.6 Å². The average molecular weight is 419 g/mol. The summed E-state index contributed by atoms with van der Waals surface area (Å²) in [5.41, 5.74) is 2.03. The number of nitrogens with zero attached hydrogens (tertiary/aromatic N) is 2. The number of H-pyrrole nitrogens is 1. The summed E-state index contributed by atoms with van der Waals surface area (Å²) in [6.07, 6.45) is 1.88. The summed E-state index contributed by atoms with van der Waals surface area (Å²) in [4.78, 5) is 5.71. The Balaban J connectivity index is 1.53. The Labute approximate surface area is 169 Å². The van der Waals surface area contributed by atoms with Crippen molar-refractivity contribution in [3.63, 3.8) is 0 Å². The first kappa shape index (κ1) is 19.0. The Hall–Kier alpha value is -2.35. The highest BCUT2D eigenvalue weighted by Crippen LogP contribution is 2.28. The number of ether oxygens (including phenoxy) is 1. The van der Waals surface area contributed by atoms with Gasteiger partial charge in [-0.3, -0.25) is 0 Å². The highest BCUT2D eigenvalue weighted by molar-refractivity contribution is 7.89. The van der Waals surface area contributed by atoms with Crippen molar-refractivity contribution in [3.8, 4) is 5.75 Å². The summed E-state index contributed by atoms with van der Waals surface area (Å²) in [5.74, 6) is 0.636. The summed E-state index contributed by atoms with van der Waals surface area (Å²) >= 11 is 6.09. The number of piperazine rings is 1. The molecular formula is C20H21ClN3O3S+. The van der Waals surface area contributed by atoms with Gasteiger partial charge in [-0.1, -0.05) is 11.6 Å². The quantitative estimate of drug-likeness (QED) is 0.653. The number of aromatic nitrogens is 1. The minimum absolute atomic E-state index is 0.288. The van der Waals surface area contributed by atoms with Gasteiger partial charge in [-0.15, -0.1) is 0 Å². The molecule has 3 aromatic rings. The monoisotopic (exact) mass is 418 g/mol. The van der Waals surface area contributed by atoms with Gasteiger partial charge in [0.25, 0.3) is 0 Å². The van der Waals surface area contributed by atoms with Gasteiger partial charge in [0.2, 0.25) is 15.5 Å². The lowest BCUT2D eigenvalue weighted by Gasteiger charge is -2.35. The molecule has 146 valence electrons. The second-order valence-electron chi connectivity index (χ2n) is 6.62. The van der Waals surface area contributed by atoms with Crippen LogP contribution >= 0.6 is 11.6 Å². The van der Waals surface area contributed by atoms with E-state index in [0.29, 0.717) is 37.0 Å². The lowest BCUT2D eigenvalue weighted by molar-refractivity contribution is -0.344. The molecule has 1 aliphatic heterocycles. The molecule has 0 unspecified atom stereocenters. The molecule has 0 radical (unpaired) electrons. The third-order valence-electron chi connectivity index (χ3n) is 5.01. The number of fused-ring (bicyclic) bond motifs is 1. The van der Waals surface area contributed by atoms with Crippen LogP contribution in [0.5, 0.6) is 5.75 Å². The van der Waals surface area contributed by atoms with Crippen molar-refractivity contribution in [1.29, 1.82) is 0 Å². The van der Waals surface area contributed by atoms with Crippen LogP contribution < -0.4 is 14.6 Å². The van der Waals surface area contributed by atoms with E-state index in [2.05, 4.69) is 9.88 Å². The van der Waals surface area contributed by atoms with Gasteiger partial charge < -0.3 is 9.64 Å². The van der Waals surface area contributed by atoms with Crippen molar-refractivity contribution in [1.82, 2.24) is 4.31 Å². The second-order valence-corrected chi connectivity index (χ2v) is 8.99. The Morgan fingerprint density at radius 3 is 2.39 bits per heavy atom. The normalized spacial score (nSPS) is 15.7. The molecule has 0 aliphatic carbocycles. The van der Waals surface area contributed by atoms with Crippen molar-refractivity contribution < 1.29 is 18.1 Å². The molecule has 2 aromatic carbocycles. The molecule has 0 atom stereocenters. The topological polar surface area (TPSA) is 64.0 Å². The van der Waals surface area contributed by atoms with E-state index in [1.807, 2.05) is 30.5 Å². The van der Waals surface area contributed by atoms with Crippen LogP contribution in [-0.2, 0) is 10.0 Å². The van der Waals surface area contributed by atoms with Crippen molar-refractivity contribution in [2.75, 3.05) is 38.2 Å². The molecule has 1 saturated heterocycles. The average Bonchev–Trinajstić information content (AvgIpc) is 2.73. The third-order valence-corrected chi connectivity index (χ3v) is 7.16. The largest absolute Gasteiger partial charge is 0.497 e. The van der Waals surface area contributed by atoms with Crippen LogP contribution in [0.1, 0.15) is 0 Å². The molecule has 0 bridgehead atoms. The number of hydrogen-bond acceptors (Lipinski definition) is 4. The van der Waals surface area contributed by atoms with E-state index in [4.69, 9.17) is 16.3 Å². The predicted molar refractivity (Wildman–Crippen MR) is 109 cm³/mol. The molecule has 2 heterocycles. The Morgan fingerprint density at radius 2 is 1.71 bits per heavy atom. The molecule has 28 heavy (non-hydrogen) atoms. The van der Waals surface area contributed by atoms with Crippen molar-refractivity contribution >= 4 is 38.2 Å². The number of benzene rings is 2. The zero-order valence-electron chi connectivity index (χ0n) is 15.4. The number of sulfonamides is 1. The van der Waals surface area contributed by atoms with E-state index in [0.717, 1.165) is 16.6 Å². The molecule has 4 rings (SSSR count). The Bertz CT molecular complexity index is 1100. The highest BCUT2D eigenvalue weighted by Gasteiger charge is 2.29. The van der Waals surface area contributed by atoms with Crippen LogP contribution in [0.2, 0.25) is 5.02 Å². The molecule has 0 spiro atoms. The number of methoxy groups -OCH3 is 1. The van der Waals surface area contributed by atoms with Gasteiger partial charge in [0.15, 0.2) is 6.20 Å². The molecule has 1 aromatic heterocycles. The fourth-order valence-corrected chi connectivity index (χ4v) is 5.10. The van der Waals surface area contributed by atoms with Gasteiger partial charge in [-0.25, -0.2) is 13.4 Å². The van der Waals surface area contributed by atoms with Gasteiger partial charge in [0.05, 0.1) is 23.1 Å². The molecule has 0 saturated carbocycles. The molecule has 1 fully saturated rings. The van der Waals surface area contributed by atoms with Gasteiger partial charge in [-0.2, -0.15) is 4.31 Å². The lowest BCUT2D eigenvalue weighted by atomic mass is 10.1. The van der Waals surface area contributed by atoms with Crippen molar-refractivity contribution in [3.05, 3.63) is 59.8 Å². The maximum absolute atomic E-state index is 12.9. The first-order chi connectivity index (χ1) is 13.5. The third kappa shape index (κ3) is 3.53. The Kier molecular flexibility index (Phi) is 5.14. The van der Waals surface area contributed by atoms with Crippen LogP contribution in [0.3, 0.4) is 0 Å². The fraction of sp³-hybridized carbons (Fsp3) is 0.250. The minimum atomic E-state index is -3.51. The van der Waals surface area contributed by atoms with Crippen LogP contribution in [0.4, 0.5) is 5.69 Å². The van der Waals surface area contributed by atoms with E-state index >= 15 is 0 Å². The van der Waals surface area contributed by atoms with Crippen LogP contribution in [0, 0.1) is 0 Å². The maximum Gasteiger partial charge on any atom is 0.243 e. The Morgan fingerprint density at radius 1 is 1.00 bits per heavy atom. The standard InChI is InChI=1S/C20H20ClN3O3S/c1-27-16-3-5-17(6-4-16)28(25,26)24-12-10-23(11-13-24)20-8-9-22-19-14-15(21)2-7-18(19)20/h2-9,14H,10-13H2,1H3/p+1. The maximum atomic E-state index is 12.9. The molecule has 8 heteroatoms. The highest BCUT2D eigenvalue weighted by atomic mass is 35.5. The zero-order chi connectivity index (χ0) is 19.7. The number of halogens is 1. The van der Waals surface area contributed by atoms with Gasteiger partial charge in [0.1, 0.15) is 5.75 Å². The SMILES string of the molecule is COc1ccc(S(=O)(=O)N2CCN(c3cc[nH+]c4cc(Cl)ccc34)CC2)cc1. The van der Waals surface area contributed by atoms with E-state index in [1.54, 1.807) is 35.7 Å². The van der Waals surface area contributed by atoms with Crippen LogP contribution in [0.25, 0.3) is 10.9 Å². The van der Waals surface area contributed by atoms with Crippen LogP contribution in [-0.4, -0.2) is 46.0 Å². The number of anilines is 1. The van der Waals surface area contributed by atoms with E-state index in [-0.39, 0.29) is 4.90 Å². The molecular weight excluding hydrogens is 398 g/mol. The smallest absolute Gasteiger partial charge is 0.243 e. The molecule has 1 aliphatic rings. The van der Waals surface area contributed by atoms with E-state index in [9.17, 15) is 8.42 Å². The number of rotatable bonds is 4. The molecule has 6 nitrogen and oxygen atoms in total. The second kappa shape index (κ2) is 7.58. The fourth-order valence-electron chi connectivity index (χ4n) is 3.50. The van der Waals surface area contributed by atoms with E-state index < -0.39 is 10.0 Å². The number of aromatic amines is 1. The van der Waals surface area contributed by atoms with Gasteiger partial charge >= 0.3 is 0 Å². The van der Waals surface area contributed by atoms with Crippen molar-refractivity contribution in [2.24, 2.45) is 0 Å².